The molecule has 0 fully saturated rings. The number of hydrogen-bond donors (Lipinski definition) is 3. The van der Waals surface area contributed by atoms with Gasteiger partial charge in [-0.3, -0.25) is 9.59 Å². The molecule has 1 amide bonds. The first kappa shape index (κ1) is 55.6. The molecular formula is C51H99NO5. The van der Waals surface area contributed by atoms with Gasteiger partial charge < -0.3 is 20.3 Å². The first-order valence-electron chi connectivity index (χ1n) is 25.4. The summed E-state index contributed by atoms with van der Waals surface area (Å²) in [5, 5.41) is 23.7. The number of rotatable bonds is 46. The standard InChI is InChI=1S/C51H99NO5/c1-4-7-10-13-16-19-21-23-24-25-26-27-28-31-33-36-39-42-47(57-51(56)44-41-38-35-30-18-15-12-9-6-3)45-50(55)52-48(46-53)49(54)43-40-37-34-32-29-22-20-17-14-11-8-5-2/h23-24,47-49,53-54H,4-22,25-46H2,1-3H3,(H,52,55)/b24-23+. The van der Waals surface area contributed by atoms with E-state index in [1.165, 1.54) is 180 Å². The molecule has 0 spiro atoms. The normalized spacial score (nSPS) is 13.3. The van der Waals surface area contributed by atoms with E-state index < -0.39 is 18.2 Å². The SMILES string of the molecule is CCCCCCCC/C=C/CCCCCCCCCC(CC(=O)NC(CO)C(O)CCCCCCCCCCCCCC)OC(=O)CCCCCCCCCCC. The van der Waals surface area contributed by atoms with E-state index in [-0.39, 0.29) is 24.9 Å². The topological polar surface area (TPSA) is 95.9 Å². The van der Waals surface area contributed by atoms with Crippen LogP contribution in [0.5, 0.6) is 0 Å². The van der Waals surface area contributed by atoms with Crippen LogP contribution >= 0.6 is 0 Å². The second-order valence-electron chi connectivity index (χ2n) is 17.6. The molecule has 6 heteroatoms. The molecule has 0 saturated carbocycles. The molecule has 0 aliphatic heterocycles. The summed E-state index contributed by atoms with van der Waals surface area (Å²) in [6, 6.07) is -0.695. The highest BCUT2D eigenvalue weighted by Crippen LogP contribution is 2.18. The maximum absolute atomic E-state index is 13.2. The quantitative estimate of drug-likeness (QED) is 0.0323. The third kappa shape index (κ3) is 41.1. The number of aliphatic hydroxyl groups excluding tert-OH is 2. The van der Waals surface area contributed by atoms with Crippen LogP contribution in [0, 0.1) is 0 Å². The Morgan fingerprint density at radius 3 is 1.25 bits per heavy atom. The van der Waals surface area contributed by atoms with Crippen LogP contribution in [-0.2, 0) is 14.3 Å². The molecule has 0 aromatic heterocycles. The molecule has 0 rings (SSSR count). The molecule has 0 aromatic rings. The van der Waals surface area contributed by atoms with Crippen molar-refractivity contribution in [1.29, 1.82) is 0 Å². The summed E-state index contributed by atoms with van der Waals surface area (Å²) in [6.07, 6.45) is 49.9. The van der Waals surface area contributed by atoms with Gasteiger partial charge in [0, 0.05) is 6.42 Å². The van der Waals surface area contributed by atoms with Crippen molar-refractivity contribution in [3.05, 3.63) is 12.2 Å². The second-order valence-corrected chi connectivity index (χ2v) is 17.6. The van der Waals surface area contributed by atoms with Crippen molar-refractivity contribution in [2.45, 2.75) is 296 Å². The Kier molecular flexibility index (Phi) is 44.6. The number of carbonyl (C=O) groups excluding carboxylic acids is 2. The van der Waals surface area contributed by atoms with Gasteiger partial charge in [-0.15, -0.1) is 0 Å². The number of carbonyl (C=O) groups is 2. The van der Waals surface area contributed by atoms with E-state index in [1.807, 2.05) is 0 Å². The summed E-state index contributed by atoms with van der Waals surface area (Å²) >= 11 is 0. The molecule has 57 heavy (non-hydrogen) atoms. The zero-order valence-electron chi connectivity index (χ0n) is 38.5. The molecule has 0 bridgehead atoms. The lowest BCUT2D eigenvalue weighted by Crippen LogP contribution is -2.46. The van der Waals surface area contributed by atoms with Crippen LogP contribution in [0.4, 0.5) is 0 Å². The van der Waals surface area contributed by atoms with E-state index in [9.17, 15) is 19.8 Å². The van der Waals surface area contributed by atoms with E-state index in [2.05, 4.69) is 38.2 Å². The summed E-state index contributed by atoms with van der Waals surface area (Å²) in [4.78, 5) is 26.0. The minimum atomic E-state index is -0.782. The predicted octanol–water partition coefficient (Wildman–Crippen LogP) is 15.0. The van der Waals surface area contributed by atoms with Crippen molar-refractivity contribution in [3.8, 4) is 0 Å². The van der Waals surface area contributed by atoms with E-state index >= 15 is 0 Å². The fourth-order valence-corrected chi connectivity index (χ4v) is 7.96. The van der Waals surface area contributed by atoms with Gasteiger partial charge >= 0.3 is 5.97 Å². The number of esters is 1. The van der Waals surface area contributed by atoms with Gasteiger partial charge in [0.15, 0.2) is 0 Å². The average molecular weight is 806 g/mol. The second kappa shape index (κ2) is 45.7. The number of unbranched alkanes of at least 4 members (excludes halogenated alkanes) is 32. The largest absolute Gasteiger partial charge is 0.462 e. The van der Waals surface area contributed by atoms with Crippen molar-refractivity contribution < 1.29 is 24.5 Å². The maximum Gasteiger partial charge on any atom is 0.306 e. The molecule has 0 radical (unpaired) electrons. The predicted molar refractivity (Wildman–Crippen MR) is 246 cm³/mol. The van der Waals surface area contributed by atoms with Gasteiger partial charge in [0.2, 0.25) is 5.91 Å². The Balaban J connectivity index is 4.51. The number of ether oxygens (including phenoxy) is 1. The third-order valence-electron chi connectivity index (χ3n) is 11.8. The van der Waals surface area contributed by atoms with E-state index in [4.69, 9.17) is 4.74 Å². The van der Waals surface area contributed by atoms with Gasteiger partial charge in [0.05, 0.1) is 25.2 Å². The van der Waals surface area contributed by atoms with Gasteiger partial charge in [0.1, 0.15) is 6.10 Å². The fourth-order valence-electron chi connectivity index (χ4n) is 7.96. The van der Waals surface area contributed by atoms with Crippen molar-refractivity contribution in [2.24, 2.45) is 0 Å². The van der Waals surface area contributed by atoms with Crippen molar-refractivity contribution >= 4 is 11.9 Å². The summed E-state index contributed by atoms with van der Waals surface area (Å²) in [6.45, 7) is 6.47. The molecule has 0 aliphatic rings. The highest BCUT2D eigenvalue weighted by atomic mass is 16.5. The summed E-state index contributed by atoms with van der Waals surface area (Å²) in [5.41, 5.74) is 0. The van der Waals surface area contributed by atoms with Gasteiger partial charge in [-0.2, -0.15) is 0 Å². The van der Waals surface area contributed by atoms with Crippen LogP contribution < -0.4 is 5.32 Å². The molecule has 0 aromatic carbocycles. The molecule has 338 valence electrons. The van der Waals surface area contributed by atoms with Crippen LogP contribution in [0.2, 0.25) is 0 Å². The van der Waals surface area contributed by atoms with Crippen LogP contribution in [0.15, 0.2) is 12.2 Å². The average Bonchev–Trinajstić information content (AvgIpc) is 3.20. The number of hydrogen-bond acceptors (Lipinski definition) is 5. The molecule has 6 nitrogen and oxygen atoms in total. The number of amides is 1. The Morgan fingerprint density at radius 2 is 0.842 bits per heavy atom. The molecule has 0 aliphatic carbocycles. The minimum absolute atomic E-state index is 0.0811. The summed E-state index contributed by atoms with van der Waals surface area (Å²) < 4.78 is 5.92. The Hall–Kier alpha value is -1.40. The minimum Gasteiger partial charge on any atom is -0.462 e. The third-order valence-corrected chi connectivity index (χ3v) is 11.8. The van der Waals surface area contributed by atoms with Crippen LogP contribution in [0.1, 0.15) is 278 Å². The molecule has 3 atom stereocenters. The monoisotopic (exact) mass is 806 g/mol. The smallest absolute Gasteiger partial charge is 0.306 e. The molecular weight excluding hydrogens is 707 g/mol. The van der Waals surface area contributed by atoms with Crippen molar-refractivity contribution in [2.75, 3.05) is 6.61 Å². The lowest BCUT2D eigenvalue weighted by atomic mass is 10.0. The number of allylic oxidation sites excluding steroid dienone is 2. The number of aliphatic hydroxyl groups is 2. The first-order chi connectivity index (χ1) is 28.0. The van der Waals surface area contributed by atoms with Gasteiger partial charge in [-0.25, -0.2) is 0 Å². The zero-order valence-corrected chi connectivity index (χ0v) is 38.5. The Bertz CT molecular complexity index is 863. The zero-order chi connectivity index (χ0) is 41.7. The molecule has 3 N–H and O–H groups in total. The first-order valence-corrected chi connectivity index (χ1v) is 25.4. The van der Waals surface area contributed by atoms with Crippen molar-refractivity contribution in [1.82, 2.24) is 5.32 Å². The summed E-state index contributed by atoms with van der Waals surface area (Å²) in [5.74, 6) is -0.466. The Morgan fingerprint density at radius 1 is 0.491 bits per heavy atom. The highest BCUT2D eigenvalue weighted by molar-refractivity contribution is 5.77. The molecule has 3 unspecified atom stereocenters. The molecule has 0 heterocycles. The number of nitrogens with one attached hydrogen (secondary N) is 1. The van der Waals surface area contributed by atoms with Crippen molar-refractivity contribution in [3.63, 3.8) is 0 Å². The van der Waals surface area contributed by atoms with E-state index in [0.717, 1.165) is 51.4 Å². The van der Waals surface area contributed by atoms with Crippen LogP contribution in [0.25, 0.3) is 0 Å². The van der Waals surface area contributed by atoms with Crippen LogP contribution in [0.3, 0.4) is 0 Å². The lowest BCUT2D eigenvalue weighted by molar-refractivity contribution is -0.151. The Labute approximate surface area is 355 Å². The lowest BCUT2D eigenvalue weighted by Gasteiger charge is -2.24. The van der Waals surface area contributed by atoms with Gasteiger partial charge in [-0.05, 0) is 51.4 Å². The highest BCUT2D eigenvalue weighted by Gasteiger charge is 2.24. The van der Waals surface area contributed by atoms with Gasteiger partial charge in [-0.1, -0.05) is 226 Å². The van der Waals surface area contributed by atoms with E-state index in [1.54, 1.807) is 0 Å². The molecule has 0 saturated heterocycles. The van der Waals surface area contributed by atoms with Gasteiger partial charge in [0.25, 0.3) is 0 Å². The maximum atomic E-state index is 13.2. The fraction of sp³-hybridized carbons (Fsp3) is 0.922. The van der Waals surface area contributed by atoms with Crippen LogP contribution in [-0.4, -0.2) is 46.9 Å². The van der Waals surface area contributed by atoms with E-state index in [0.29, 0.717) is 19.3 Å². The summed E-state index contributed by atoms with van der Waals surface area (Å²) in [7, 11) is 0.